The van der Waals surface area contributed by atoms with Crippen molar-refractivity contribution < 1.29 is 14.0 Å². The van der Waals surface area contributed by atoms with Crippen LogP contribution in [-0.2, 0) is 4.79 Å². The van der Waals surface area contributed by atoms with Gasteiger partial charge in [0.15, 0.2) is 0 Å². The summed E-state index contributed by atoms with van der Waals surface area (Å²) in [6.07, 6.45) is 1.54. The van der Waals surface area contributed by atoms with Gasteiger partial charge in [0.05, 0.1) is 18.8 Å². The first-order chi connectivity index (χ1) is 10.1. The third-order valence-corrected chi connectivity index (χ3v) is 2.93. The lowest BCUT2D eigenvalue weighted by Gasteiger charge is -2.12. The van der Waals surface area contributed by atoms with E-state index in [1.807, 2.05) is 0 Å². The van der Waals surface area contributed by atoms with Crippen molar-refractivity contribution in [3.8, 4) is 0 Å². The molecule has 1 aromatic heterocycles. The number of hydrogen-bond donors (Lipinski definition) is 3. The minimum atomic E-state index is -0.323. The van der Waals surface area contributed by atoms with Gasteiger partial charge in [0, 0.05) is 11.3 Å². The lowest BCUT2D eigenvalue weighted by Crippen LogP contribution is -2.37. The van der Waals surface area contributed by atoms with Crippen LogP contribution in [0.25, 0.3) is 0 Å². The maximum atomic E-state index is 11.8. The topological polar surface area (TPSA) is 97.4 Å². The average Bonchev–Trinajstić information content (AvgIpc) is 3.00. The number of furan rings is 1. The number of nitrogens with two attached hydrogens (primary N) is 1. The number of nitrogens with one attached hydrogen (secondary N) is 2. The van der Waals surface area contributed by atoms with Gasteiger partial charge in [-0.15, -0.1) is 0 Å². The van der Waals surface area contributed by atoms with Crippen LogP contribution < -0.4 is 16.4 Å². The van der Waals surface area contributed by atoms with Crippen molar-refractivity contribution in [3.05, 3.63) is 54.0 Å². The number of carbonyl (C=O) groups is 2. The second kappa shape index (κ2) is 6.60. The molecule has 0 saturated carbocycles. The van der Waals surface area contributed by atoms with E-state index in [4.69, 9.17) is 10.2 Å². The Morgan fingerprint density at radius 2 is 1.95 bits per heavy atom. The van der Waals surface area contributed by atoms with Crippen molar-refractivity contribution in [3.63, 3.8) is 0 Å². The highest BCUT2D eigenvalue weighted by atomic mass is 16.3. The molecular weight excluding hydrogens is 270 g/mol. The molecule has 0 aliphatic rings. The molecule has 21 heavy (non-hydrogen) atoms. The predicted molar refractivity (Wildman–Crippen MR) is 78.5 cm³/mol. The van der Waals surface area contributed by atoms with Gasteiger partial charge in [-0.1, -0.05) is 0 Å². The summed E-state index contributed by atoms with van der Waals surface area (Å²) in [5.41, 5.74) is 6.58. The molecule has 0 radical (unpaired) electrons. The molecule has 1 aromatic carbocycles. The molecule has 0 spiro atoms. The molecule has 0 unspecified atom stereocenters. The third kappa shape index (κ3) is 4.10. The maximum absolute atomic E-state index is 11.8. The van der Waals surface area contributed by atoms with E-state index in [2.05, 4.69) is 10.6 Å². The van der Waals surface area contributed by atoms with Gasteiger partial charge >= 0.3 is 0 Å². The number of carbonyl (C=O) groups excluding carboxylic acids is 2. The van der Waals surface area contributed by atoms with Crippen molar-refractivity contribution in [1.82, 2.24) is 10.6 Å². The summed E-state index contributed by atoms with van der Waals surface area (Å²) in [7, 11) is 0. The van der Waals surface area contributed by atoms with Crippen molar-refractivity contribution in [2.75, 3.05) is 12.3 Å². The van der Waals surface area contributed by atoms with Crippen LogP contribution in [0.1, 0.15) is 29.1 Å². The summed E-state index contributed by atoms with van der Waals surface area (Å²) in [5, 5.41) is 5.28. The Labute approximate surface area is 122 Å². The highest BCUT2D eigenvalue weighted by Crippen LogP contribution is 2.11. The summed E-state index contributed by atoms with van der Waals surface area (Å²) in [6.45, 7) is 1.70. The first kappa shape index (κ1) is 14.6. The van der Waals surface area contributed by atoms with Gasteiger partial charge in [0.1, 0.15) is 5.76 Å². The van der Waals surface area contributed by atoms with Gasteiger partial charge in [-0.3, -0.25) is 9.59 Å². The van der Waals surface area contributed by atoms with E-state index < -0.39 is 0 Å². The Morgan fingerprint density at radius 3 is 2.57 bits per heavy atom. The highest BCUT2D eigenvalue weighted by Gasteiger charge is 2.13. The zero-order chi connectivity index (χ0) is 15.2. The molecule has 0 aliphatic carbocycles. The summed E-state index contributed by atoms with van der Waals surface area (Å²) in [6, 6.07) is 9.75. The van der Waals surface area contributed by atoms with Gasteiger partial charge in [-0.25, -0.2) is 0 Å². The Hall–Kier alpha value is -2.76. The van der Waals surface area contributed by atoms with Crippen LogP contribution in [0.3, 0.4) is 0 Å². The van der Waals surface area contributed by atoms with E-state index in [0.29, 0.717) is 17.0 Å². The van der Waals surface area contributed by atoms with E-state index in [9.17, 15) is 9.59 Å². The summed E-state index contributed by atoms with van der Waals surface area (Å²) in [4.78, 5) is 23.6. The highest BCUT2D eigenvalue weighted by molar-refractivity contribution is 5.96. The van der Waals surface area contributed by atoms with E-state index in [0.717, 1.165) is 0 Å². The molecule has 0 fully saturated rings. The normalized spacial score (nSPS) is 11.7. The minimum Gasteiger partial charge on any atom is -0.467 e. The lowest BCUT2D eigenvalue weighted by molar-refractivity contribution is -0.120. The molecule has 0 aliphatic heterocycles. The van der Waals surface area contributed by atoms with Crippen LogP contribution in [0.5, 0.6) is 0 Å². The molecule has 2 rings (SSSR count). The van der Waals surface area contributed by atoms with Crippen LogP contribution in [-0.4, -0.2) is 18.4 Å². The monoisotopic (exact) mass is 287 g/mol. The first-order valence-electron chi connectivity index (χ1n) is 6.53. The number of hydrogen-bond acceptors (Lipinski definition) is 4. The number of nitrogen functional groups attached to an aromatic ring is 1. The number of anilines is 1. The first-order valence-corrected chi connectivity index (χ1v) is 6.53. The molecule has 1 atom stereocenters. The van der Waals surface area contributed by atoms with Crippen LogP contribution >= 0.6 is 0 Å². The summed E-state index contributed by atoms with van der Waals surface area (Å²) in [5.74, 6) is 0.0479. The SMILES string of the molecule is C[C@@H](NC(=O)CNC(=O)c1ccc(N)cc1)c1ccco1. The fourth-order valence-corrected chi connectivity index (χ4v) is 1.80. The number of rotatable bonds is 5. The molecule has 2 amide bonds. The Morgan fingerprint density at radius 1 is 1.24 bits per heavy atom. The summed E-state index contributed by atoms with van der Waals surface area (Å²) >= 11 is 0. The molecule has 0 saturated heterocycles. The number of benzene rings is 1. The van der Waals surface area contributed by atoms with Crippen molar-refractivity contribution >= 4 is 17.5 Å². The van der Waals surface area contributed by atoms with E-state index in [1.54, 1.807) is 49.6 Å². The zero-order valence-corrected chi connectivity index (χ0v) is 11.6. The Bertz CT molecular complexity index is 606. The van der Waals surface area contributed by atoms with E-state index in [1.165, 1.54) is 0 Å². The fraction of sp³-hybridized carbons (Fsp3) is 0.200. The van der Waals surface area contributed by atoms with Crippen molar-refractivity contribution in [2.24, 2.45) is 0 Å². The lowest BCUT2D eigenvalue weighted by atomic mass is 10.2. The molecule has 4 N–H and O–H groups in total. The van der Waals surface area contributed by atoms with Crippen LogP contribution in [0, 0.1) is 0 Å². The van der Waals surface area contributed by atoms with Gasteiger partial charge in [-0.05, 0) is 43.3 Å². The van der Waals surface area contributed by atoms with Crippen molar-refractivity contribution in [2.45, 2.75) is 13.0 Å². The molecular formula is C15H17N3O3. The molecule has 2 aromatic rings. The summed E-state index contributed by atoms with van der Waals surface area (Å²) < 4.78 is 5.19. The number of amides is 2. The van der Waals surface area contributed by atoms with Crippen LogP contribution in [0.2, 0.25) is 0 Å². The molecule has 0 bridgehead atoms. The largest absolute Gasteiger partial charge is 0.467 e. The smallest absolute Gasteiger partial charge is 0.251 e. The Kier molecular flexibility index (Phi) is 4.61. The maximum Gasteiger partial charge on any atom is 0.251 e. The molecule has 1 heterocycles. The average molecular weight is 287 g/mol. The minimum absolute atomic E-state index is 0.103. The third-order valence-electron chi connectivity index (χ3n) is 2.93. The Balaban J connectivity index is 1.81. The zero-order valence-electron chi connectivity index (χ0n) is 11.6. The second-order valence-corrected chi connectivity index (χ2v) is 4.61. The van der Waals surface area contributed by atoms with E-state index in [-0.39, 0.29) is 24.4 Å². The van der Waals surface area contributed by atoms with E-state index >= 15 is 0 Å². The molecule has 6 heteroatoms. The second-order valence-electron chi connectivity index (χ2n) is 4.61. The van der Waals surface area contributed by atoms with Gasteiger partial charge < -0.3 is 20.8 Å². The van der Waals surface area contributed by atoms with Gasteiger partial charge in [0.2, 0.25) is 5.91 Å². The van der Waals surface area contributed by atoms with Gasteiger partial charge in [-0.2, -0.15) is 0 Å². The quantitative estimate of drug-likeness (QED) is 0.725. The standard InChI is InChI=1S/C15H17N3O3/c1-10(13-3-2-8-21-13)18-14(19)9-17-15(20)11-4-6-12(16)7-5-11/h2-8,10H,9,16H2,1H3,(H,17,20)(H,18,19)/t10-/m1/s1. The fourth-order valence-electron chi connectivity index (χ4n) is 1.80. The molecule has 6 nitrogen and oxygen atoms in total. The van der Waals surface area contributed by atoms with Gasteiger partial charge in [0.25, 0.3) is 5.91 Å². The van der Waals surface area contributed by atoms with Crippen LogP contribution in [0.4, 0.5) is 5.69 Å². The van der Waals surface area contributed by atoms with Crippen molar-refractivity contribution in [1.29, 1.82) is 0 Å². The predicted octanol–water partition coefficient (Wildman–Crippen LogP) is 1.47. The van der Waals surface area contributed by atoms with Crippen LogP contribution in [0.15, 0.2) is 47.1 Å². The molecule has 110 valence electrons.